The second-order valence-corrected chi connectivity index (χ2v) is 5.28. The Morgan fingerprint density at radius 1 is 1.24 bits per heavy atom. The molecule has 1 aromatic carbocycles. The van der Waals surface area contributed by atoms with Crippen LogP contribution in [0.5, 0.6) is 0 Å². The molecule has 1 aromatic heterocycles. The molecule has 1 nitrogen and oxygen atoms in total. The fourth-order valence-corrected chi connectivity index (χ4v) is 2.64. The Labute approximate surface area is 104 Å². The maximum Gasteiger partial charge on any atom is 0.175 e. The van der Waals surface area contributed by atoms with Crippen LogP contribution in [-0.2, 0) is 0 Å². The van der Waals surface area contributed by atoms with E-state index < -0.39 is 0 Å². The number of hydrogen-bond acceptors (Lipinski definition) is 2. The Morgan fingerprint density at radius 3 is 2.65 bits per heavy atom. The molecule has 0 fully saturated rings. The van der Waals surface area contributed by atoms with Crippen LogP contribution in [0.25, 0.3) is 10.4 Å². The Morgan fingerprint density at radius 2 is 2.00 bits per heavy atom. The molecular weight excluding hydrogens is 235 g/mol. The second kappa shape index (κ2) is 4.80. The molecule has 88 valence electrons. The van der Waals surface area contributed by atoms with E-state index in [2.05, 4.69) is 0 Å². The van der Waals surface area contributed by atoms with Gasteiger partial charge in [0.05, 0.1) is 4.88 Å². The third-order valence-electron chi connectivity index (χ3n) is 2.48. The lowest BCUT2D eigenvalue weighted by atomic mass is 10.1. The number of carbonyl (C=O) groups excluding carboxylic acids is 1. The van der Waals surface area contributed by atoms with E-state index in [1.807, 2.05) is 32.0 Å². The molecular formula is C14H13FOS. The van der Waals surface area contributed by atoms with Gasteiger partial charge in [0, 0.05) is 10.8 Å². The third-order valence-corrected chi connectivity index (χ3v) is 3.63. The fraction of sp³-hybridized carbons (Fsp3) is 0.214. The summed E-state index contributed by atoms with van der Waals surface area (Å²) in [6, 6.07) is 10.1. The van der Waals surface area contributed by atoms with E-state index in [-0.39, 0.29) is 17.5 Å². The molecule has 0 N–H and O–H groups in total. The van der Waals surface area contributed by atoms with Crippen molar-refractivity contribution in [3.05, 3.63) is 47.1 Å². The summed E-state index contributed by atoms with van der Waals surface area (Å²) in [6.07, 6.45) is 0. The van der Waals surface area contributed by atoms with Gasteiger partial charge in [0.15, 0.2) is 5.78 Å². The largest absolute Gasteiger partial charge is 0.293 e. The average molecular weight is 248 g/mol. The number of halogens is 1. The van der Waals surface area contributed by atoms with Crippen molar-refractivity contribution in [1.82, 2.24) is 0 Å². The quantitative estimate of drug-likeness (QED) is 0.736. The van der Waals surface area contributed by atoms with Gasteiger partial charge in [-0.25, -0.2) is 4.39 Å². The molecule has 0 atom stereocenters. The standard InChI is InChI=1S/C14H13FOS/c1-9(2)14(16)13-7-6-12(17-13)10-4-3-5-11(15)8-10/h3-9H,1-2H3. The summed E-state index contributed by atoms with van der Waals surface area (Å²) in [4.78, 5) is 13.5. The first-order valence-electron chi connectivity index (χ1n) is 5.48. The van der Waals surface area contributed by atoms with Gasteiger partial charge in [-0.1, -0.05) is 26.0 Å². The molecule has 0 radical (unpaired) electrons. The number of ketones is 1. The van der Waals surface area contributed by atoms with E-state index >= 15 is 0 Å². The molecule has 0 amide bonds. The van der Waals surface area contributed by atoms with Crippen LogP contribution in [0, 0.1) is 11.7 Å². The zero-order valence-electron chi connectivity index (χ0n) is 9.74. The molecule has 0 saturated carbocycles. The second-order valence-electron chi connectivity index (χ2n) is 4.19. The number of thiophene rings is 1. The number of carbonyl (C=O) groups is 1. The van der Waals surface area contributed by atoms with Crippen LogP contribution in [0.1, 0.15) is 23.5 Å². The zero-order valence-corrected chi connectivity index (χ0v) is 10.6. The highest BCUT2D eigenvalue weighted by molar-refractivity contribution is 7.17. The number of hydrogen-bond donors (Lipinski definition) is 0. The molecule has 2 aromatic rings. The van der Waals surface area contributed by atoms with Crippen molar-refractivity contribution < 1.29 is 9.18 Å². The summed E-state index contributed by atoms with van der Waals surface area (Å²) in [5, 5.41) is 0. The van der Waals surface area contributed by atoms with Crippen LogP contribution in [0.3, 0.4) is 0 Å². The lowest BCUT2D eigenvalue weighted by Crippen LogP contribution is -2.04. The summed E-state index contributed by atoms with van der Waals surface area (Å²) >= 11 is 1.41. The van der Waals surface area contributed by atoms with E-state index in [0.29, 0.717) is 0 Å². The van der Waals surface area contributed by atoms with Gasteiger partial charge in [0.2, 0.25) is 0 Å². The van der Waals surface area contributed by atoms with E-state index in [0.717, 1.165) is 15.3 Å². The predicted octanol–water partition coefficient (Wildman–Crippen LogP) is 4.39. The molecule has 2 rings (SSSR count). The minimum atomic E-state index is -0.257. The maximum absolute atomic E-state index is 13.1. The first kappa shape index (κ1) is 12.0. The molecule has 0 aliphatic rings. The lowest BCUT2D eigenvalue weighted by Gasteiger charge is -2.00. The van der Waals surface area contributed by atoms with Crippen LogP contribution < -0.4 is 0 Å². The van der Waals surface area contributed by atoms with Gasteiger partial charge in [-0.15, -0.1) is 11.3 Å². The average Bonchev–Trinajstić information content (AvgIpc) is 2.77. The first-order valence-corrected chi connectivity index (χ1v) is 6.29. The topological polar surface area (TPSA) is 17.1 Å². The van der Waals surface area contributed by atoms with Crippen LogP contribution in [-0.4, -0.2) is 5.78 Å². The van der Waals surface area contributed by atoms with Gasteiger partial charge in [-0.3, -0.25) is 4.79 Å². The van der Waals surface area contributed by atoms with Crippen molar-refractivity contribution in [2.45, 2.75) is 13.8 Å². The highest BCUT2D eigenvalue weighted by Crippen LogP contribution is 2.29. The molecule has 0 unspecified atom stereocenters. The van der Waals surface area contributed by atoms with Gasteiger partial charge in [0.1, 0.15) is 5.82 Å². The smallest absolute Gasteiger partial charge is 0.175 e. The van der Waals surface area contributed by atoms with Crippen molar-refractivity contribution in [3.63, 3.8) is 0 Å². The van der Waals surface area contributed by atoms with Gasteiger partial charge < -0.3 is 0 Å². The Bertz CT molecular complexity index is 543. The predicted molar refractivity (Wildman–Crippen MR) is 68.9 cm³/mol. The third kappa shape index (κ3) is 2.61. The van der Waals surface area contributed by atoms with Crippen LogP contribution in [0.2, 0.25) is 0 Å². The number of rotatable bonds is 3. The van der Waals surface area contributed by atoms with Crippen LogP contribution >= 0.6 is 11.3 Å². The molecule has 17 heavy (non-hydrogen) atoms. The van der Waals surface area contributed by atoms with Crippen LogP contribution in [0.15, 0.2) is 36.4 Å². The Balaban J connectivity index is 2.33. The van der Waals surface area contributed by atoms with Crippen molar-refractivity contribution in [3.8, 4) is 10.4 Å². The minimum absolute atomic E-state index is 0.00555. The summed E-state index contributed by atoms with van der Waals surface area (Å²) in [5.74, 6) is -0.126. The summed E-state index contributed by atoms with van der Waals surface area (Å²) < 4.78 is 13.1. The molecule has 0 aliphatic heterocycles. The Hall–Kier alpha value is -1.48. The van der Waals surface area contributed by atoms with Crippen molar-refractivity contribution in [2.75, 3.05) is 0 Å². The molecule has 3 heteroatoms. The van der Waals surface area contributed by atoms with Crippen molar-refractivity contribution in [1.29, 1.82) is 0 Å². The van der Waals surface area contributed by atoms with Crippen molar-refractivity contribution >= 4 is 17.1 Å². The summed E-state index contributed by atoms with van der Waals surface area (Å²) in [5.41, 5.74) is 0.817. The van der Waals surface area contributed by atoms with Gasteiger partial charge >= 0.3 is 0 Å². The normalized spacial score (nSPS) is 10.8. The number of Topliss-reactive ketones (excluding diaryl/α,β-unsaturated/α-hetero) is 1. The molecule has 0 spiro atoms. The van der Waals surface area contributed by atoms with Gasteiger partial charge in [0.25, 0.3) is 0 Å². The molecule has 0 bridgehead atoms. The highest BCUT2D eigenvalue weighted by atomic mass is 32.1. The SMILES string of the molecule is CC(C)C(=O)c1ccc(-c2cccc(F)c2)s1. The van der Waals surface area contributed by atoms with Crippen molar-refractivity contribution in [2.24, 2.45) is 5.92 Å². The Kier molecular flexibility index (Phi) is 3.38. The van der Waals surface area contributed by atoms with Crippen LogP contribution in [0.4, 0.5) is 4.39 Å². The monoisotopic (exact) mass is 248 g/mol. The fourth-order valence-electron chi connectivity index (χ4n) is 1.55. The summed E-state index contributed by atoms with van der Waals surface area (Å²) in [6.45, 7) is 3.76. The molecule has 1 heterocycles. The lowest BCUT2D eigenvalue weighted by molar-refractivity contribution is 0.0943. The number of benzene rings is 1. The van der Waals surface area contributed by atoms with E-state index in [9.17, 15) is 9.18 Å². The minimum Gasteiger partial charge on any atom is -0.293 e. The van der Waals surface area contributed by atoms with E-state index in [1.54, 1.807) is 6.07 Å². The summed E-state index contributed by atoms with van der Waals surface area (Å²) in [7, 11) is 0. The maximum atomic E-state index is 13.1. The van der Waals surface area contributed by atoms with E-state index in [1.165, 1.54) is 23.5 Å². The highest BCUT2D eigenvalue weighted by Gasteiger charge is 2.13. The van der Waals surface area contributed by atoms with Gasteiger partial charge in [-0.05, 0) is 29.8 Å². The molecule has 0 saturated heterocycles. The van der Waals surface area contributed by atoms with Gasteiger partial charge in [-0.2, -0.15) is 0 Å². The van der Waals surface area contributed by atoms with E-state index in [4.69, 9.17) is 0 Å². The first-order chi connectivity index (χ1) is 8.08. The molecule has 0 aliphatic carbocycles. The zero-order chi connectivity index (χ0) is 12.4.